The van der Waals surface area contributed by atoms with E-state index in [-0.39, 0.29) is 17.6 Å². The smallest absolute Gasteiger partial charge is 0.272 e. The Labute approximate surface area is 170 Å². The van der Waals surface area contributed by atoms with E-state index in [9.17, 15) is 17.8 Å². The van der Waals surface area contributed by atoms with Gasteiger partial charge in [-0.15, -0.1) is 0 Å². The molecule has 1 aromatic heterocycles. The summed E-state index contributed by atoms with van der Waals surface area (Å²) in [6, 6.07) is 3.18. The molecule has 1 amide bonds. The maximum absolute atomic E-state index is 13.7. The van der Waals surface area contributed by atoms with E-state index >= 15 is 0 Å². The highest BCUT2D eigenvalue weighted by molar-refractivity contribution is 7.91. The minimum atomic E-state index is -2.89. The van der Waals surface area contributed by atoms with Crippen molar-refractivity contribution < 1.29 is 17.8 Å². The number of rotatable bonds is 4. The van der Waals surface area contributed by atoms with Crippen molar-refractivity contribution in [1.29, 1.82) is 0 Å². The van der Waals surface area contributed by atoms with E-state index in [2.05, 4.69) is 28.2 Å². The first-order valence-corrected chi connectivity index (χ1v) is 11.1. The molecular weight excluding hydrogens is 398 g/mol. The van der Waals surface area contributed by atoms with Crippen LogP contribution in [0.2, 0.25) is 0 Å². The lowest BCUT2D eigenvalue weighted by molar-refractivity contribution is 0.101. The summed E-state index contributed by atoms with van der Waals surface area (Å²) in [5, 5.41) is 2.61. The molecule has 29 heavy (non-hydrogen) atoms. The SMILES string of the molecule is CCN=S1(=O)N[C@@H](C(C)C)CCc2c1cn(C)c2C(=O)Nc1ccc(F)c(F)c1. The van der Waals surface area contributed by atoms with E-state index in [1.807, 2.05) is 6.92 Å². The number of amides is 1. The number of halogens is 2. The number of carbonyl (C=O) groups excluding carboxylic acids is 1. The Bertz CT molecular complexity index is 1050. The lowest BCUT2D eigenvalue weighted by atomic mass is 9.97. The van der Waals surface area contributed by atoms with E-state index in [0.29, 0.717) is 35.5 Å². The molecule has 2 atom stereocenters. The molecule has 0 fully saturated rings. The van der Waals surface area contributed by atoms with Gasteiger partial charge in [-0.2, -0.15) is 0 Å². The molecule has 2 heterocycles. The summed E-state index contributed by atoms with van der Waals surface area (Å²) in [7, 11) is -1.19. The molecule has 1 aromatic carbocycles. The molecule has 3 rings (SSSR count). The first kappa shape index (κ1) is 21.4. The number of aryl methyl sites for hydroxylation is 1. The molecule has 6 nitrogen and oxygen atoms in total. The normalized spacial score (nSPS) is 21.6. The van der Waals surface area contributed by atoms with Gasteiger partial charge in [0.2, 0.25) is 0 Å². The van der Waals surface area contributed by atoms with Crippen LogP contribution in [0.3, 0.4) is 0 Å². The van der Waals surface area contributed by atoms with Crippen molar-refractivity contribution in [2.75, 3.05) is 11.9 Å². The summed E-state index contributed by atoms with van der Waals surface area (Å²) in [4.78, 5) is 13.5. The van der Waals surface area contributed by atoms with Crippen LogP contribution in [0.25, 0.3) is 0 Å². The average Bonchev–Trinajstić information content (AvgIpc) is 2.92. The Morgan fingerprint density at radius 2 is 2.10 bits per heavy atom. The molecule has 0 saturated carbocycles. The van der Waals surface area contributed by atoms with Crippen LogP contribution in [0.5, 0.6) is 0 Å². The monoisotopic (exact) mass is 424 g/mol. The fourth-order valence-electron chi connectivity index (χ4n) is 3.57. The van der Waals surface area contributed by atoms with Crippen LogP contribution in [-0.2, 0) is 23.4 Å². The Balaban J connectivity index is 2.04. The van der Waals surface area contributed by atoms with Crippen molar-refractivity contribution in [1.82, 2.24) is 9.29 Å². The Kier molecular flexibility index (Phi) is 6.09. The van der Waals surface area contributed by atoms with Gasteiger partial charge in [0, 0.05) is 43.1 Å². The van der Waals surface area contributed by atoms with Crippen molar-refractivity contribution in [2.45, 2.75) is 44.6 Å². The van der Waals surface area contributed by atoms with Crippen LogP contribution in [0.15, 0.2) is 33.7 Å². The van der Waals surface area contributed by atoms with Gasteiger partial charge < -0.3 is 9.88 Å². The first-order chi connectivity index (χ1) is 13.7. The molecule has 2 N–H and O–H groups in total. The van der Waals surface area contributed by atoms with Gasteiger partial charge in [0.05, 0.1) is 4.90 Å². The zero-order chi connectivity index (χ0) is 21.3. The molecule has 158 valence electrons. The second kappa shape index (κ2) is 8.23. The molecule has 1 unspecified atom stereocenters. The maximum Gasteiger partial charge on any atom is 0.272 e. The number of carbonyl (C=O) groups is 1. The number of nitrogens with one attached hydrogen (secondary N) is 2. The summed E-state index contributed by atoms with van der Waals surface area (Å²) in [6.45, 7) is 6.30. The summed E-state index contributed by atoms with van der Waals surface area (Å²) in [6.07, 6.45) is 2.94. The highest BCUT2D eigenvalue weighted by Gasteiger charge is 2.32. The van der Waals surface area contributed by atoms with E-state index < -0.39 is 27.5 Å². The van der Waals surface area contributed by atoms with Gasteiger partial charge in [-0.05, 0) is 37.8 Å². The van der Waals surface area contributed by atoms with Crippen molar-refractivity contribution in [2.24, 2.45) is 17.3 Å². The minimum Gasteiger partial charge on any atom is -0.345 e. The number of benzene rings is 1. The minimum absolute atomic E-state index is 0.00221. The molecular formula is C20H26F2N4O2S. The lowest BCUT2D eigenvalue weighted by Gasteiger charge is -2.21. The fraction of sp³-hybridized carbons (Fsp3) is 0.450. The second-order valence-corrected chi connectivity index (χ2v) is 9.48. The van der Waals surface area contributed by atoms with Crippen LogP contribution in [0.4, 0.5) is 14.5 Å². The second-order valence-electron chi connectivity index (χ2n) is 7.49. The third-order valence-corrected chi connectivity index (χ3v) is 7.26. The van der Waals surface area contributed by atoms with Crippen LogP contribution >= 0.6 is 0 Å². The topological polar surface area (TPSA) is 75.5 Å². The van der Waals surface area contributed by atoms with Gasteiger partial charge >= 0.3 is 0 Å². The zero-order valence-corrected chi connectivity index (χ0v) is 17.8. The van der Waals surface area contributed by atoms with Crippen molar-refractivity contribution >= 4 is 21.5 Å². The van der Waals surface area contributed by atoms with Crippen LogP contribution < -0.4 is 10.0 Å². The molecule has 0 saturated heterocycles. The van der Waals surface area contributed by atoms with Gasteiger partial charge in [-0.3, -0.25) is 4.79 Å². The molecule has 0 spiro atoms. The van der Waals surface area contributed by atoms with E-state index in [4.69, 9.17) is 0 Å². The lowest BCUT2D eigenvalue weighted by Crippen LogP contribution is -2.37. The predicted octanol–water partition coefficient (Wildman–Crippen LogP) is 3.88. The quantitative estimate of drug-likeness (QED) is 0.782. The first-order valence-electron chi connectivity index (χ1n) is 9.61. The number of nitrogens with zero attached hydrogens (tertiary/aromatic N) is 2. The van der Waals surface area contributed by atoms with Crippen LogP contribution in [0.1, 0.15) is 43.2 Å². The Morgan fingerprint density at radius 3 is 2.72 bits per heavy atom. The largest absolute Gasteiger partial charge is 0.345 e. The summed E-state index contributed by atoms with van der Waals surface area (Å²) >= 11 is 0. The van der Waals surface area contributed by atoms with Crippen molar-refractivity contribution in [3.63, 3.8) is 0 Å². The molecule has 0 aliphatic carbocycles. The Morgan fingerprint density at radius 1 is 1.38 bits per heavy atom. The molecule has 0 radical (unpaired) electrons. The molecule has 0 bridgehead atoms. The summed E-state index contributed by atoms with van der Waals surface area (Å²) < 4.78 is 49.5. The fourth-order valence-corrected chi connectivity index (χ4v) is 5.91. The zero-order valence-electron chi connectivity index (χ0n) is 17.0. The Hall–Kier alpha value is -2.26. The van der Waals surface area contributed by atoms with Gasteiger partial charge in [-0.1, -0.05) is 13.8 Å². The van der Waals surface area contributed by atoms with Crippen LogP contribution in [-0.4, -0.2) is 27.3 Å². The molecule has 9 heteroatoms. The van der Waals surface area contributed by atoms with E-state index in [0.717, 1.165) is 12.1 Å². The number of hydrogen-bond donors (Lipinski definition) is 2. The number of hydrogen-bond acceptors (Lipinski definition) is 3. The maximum atomic E-state index is 13.7. The summed E-state index contributed by atoms with van der Waals surface area (Å²) in [5.41, 5.74) is 1.16. The van der Waals surface area contributed by atoms with E-state index in [1.54, 1.807) is 17.8 Å². The highest BCUT2D eigenvalue weighted by Crippen LogP contribution is 2.30. The third-order valence-electron chi connectivity index (χ3n) is 5.07. The van der Waals surface area contributed by atoms with Crippen molar-refractivity contribution in [3.05, 3.63) is 47.3 Å². The summed E-state index contributed by atoms with van der Waals surface area (Å²) in [5.74, 6) is -2.24. The predicted molar refractivity (Wildman–Crippen MR) is 109 cm³/mol. The highest BCUT2D eigenvalue weighted by atomic mass is 32.2. The standard InChI is InChI=1S/C20H26F2N4O2S/c1-5-23-29(28)18-11-26(4)19(14(18)7-9-17(25-29)12(2)3)20(27)24-13-6-8-15(21)16(22)10-13/h6,8,10-12,17H,5,7,9H2,1-4H3,(H,24,27)(H,23,25,28)/t17-,29?/m1/s1. The van der Waals surface area contributed by atoms with Gasteiger partial charge in [0.1, 0.15) is 15.6 Å². The van der Waals surface area contributed by atoms with Crippen LogP contribution in [0, 0.1) is 17.6 Å². The van der Waals surface area contributed by atoms with Gasteiger partial charge in [0.15, 0.2) is 11.6 Å². The van der Waals surface area contributed by atoms with Crippen molar-refractivity contribution in [3.8, 4) is 0 Å². The number of aromatic nitrogens is 1. The average molecular weight is 425 g/mol. The number of fused-ring (bicyclic) bond motifs is 1. The molecule has 1 aliphatic heterocycles. The molecule has 2 aromatic rings. The number of anilines is 1. The van der Waals surface area contributed by atoms with E-state index in [1.165, 1.54) is 6.07 Å². The molecule has 1 aliphatic rings. The van der Waals surface area contributed by atoms with Gasteiger partial charge in [-0.25, -0.2) is 22.1 Å². The van der Waals surface area contributed by atoms with Gasteiger partial charge in [0.25, 0.3) is 5.91 Å². The third kappa shape index (κ3) is 4.20.